The van der Waals surface area contributed by atoms with Crippen LogP contribution in [-0.2, 0) is 13.0 Å². The van der Waals surface area contributed by atoms with Crippen LogP contribution in [0.5, 0.6) is 0 Å². The summed E-state index contributed by atoms with van der Waals surface area (Å²) in [5.74, 6) is -0.00443. The number of hydrogen-bond acceptors (Lipinski definition) is 4. The van der Waals surface area contributed by atoms with Crippen molar-refractivity contribution in [2.24, 2.45) is 0 Å². The highest BCUT2D eigenvalue weighted by Gasteiger charge is 2.13. The maximum atomic E-state index is 14.0. The largest absolute Gasteiger partial charge is 0.353 e. The predicted molar refractivity (Wildman–Crippen MR) is 67.7 cm³/mol. The first-order valence-electron chi connectivity index (χ1n) is 5.81. The van der Waals surface area contributed by atoms with Crippen molar-refractivity contribution in [3.8, 4) is 0 Å². The van der Waals surface area contributed by atoms with Gasteiger partial charge >= 0.3 is 0 Å². The summed E-state index contributed by atoms with van der Waals surface area (Å²) >= 11 is 0. The average Bonchev–Trinajstić information content (AvgIpc) is 2.40. The van der Waals surface area contributed by atoms with Gasteiger partial charge in [-0.25, -0.2) is 14.4 Å². The second-order valence-electron chi connectivity index (χ2n) is 4.02. The van der Waals surface area contributed by atoms with Crippen molar-refractivity contribution in [3.63, 3.8) is 0 Å². The quantitative estimate of drug-likeness (QED) is 0.829. The molecular formula is C13H15FN4. The van der Waals surface area contributed by atoms with Gasteiger partial charge in [-0.15, -0.1) is 0 Å². The topological polar surface area (TPSA) is 41.9 Å². The molecule has 0 fully saturated rings. The van der Waals surface area contributed by atoms with E-state index in [-0.39, 0.29) is 5.82 Å². The summed E-state index contributed by atoms with van der Waals surface area (Å²) in [7, 11) is 1.81. The molecular weight excluding hydrogens is 231 g/mol. The smallest absolute Gasteiger partial charge is 0.187 e. The van der Waals surface area contributed by atoms with Gasteiger partial charge in [0, 0.05) is 26.0 Å². The summed E-state index contributed by atoms with van der Waals surface area (Å²) in [6.45, 7) is 2.46. The van der Waals surface area contributed by atoms with Gasteiger partial charge in [-0.1, -0.05) is 6.92 Å². The van der Waals surface area contributed by atoms with Gasteiger partial charge in [-0.05, 0) is 24.1 Å². The van der Waals surface area contributed by atoms with E-state index in [0.717, 1.165) is 5.56 Å². The van der Waals surface area contributed by atoms with Crippen molar-refractivity contribution in [1.82, 2.24) is 15.0 Å². The van der Waals surface area contributed by atoms with E-state index in [1.807, 2.05) is 26.1 Å². The van der Waals surface area contributed by atoms with Crippen molar-refractivity contribution < 1.29 is 4.39 Å². The fourth-order valence-corrected chi connectivity index (χ4v) is 1.75. The Kier molecular flexibility index (Phi) is 3.82. The van der Waals surface area contributed by atoms with Crippen LogP contribution in [0.3, 0.4) is 0 Å². The first kappa shape index (κ1) is 12.4. The van der Waals surface area contributed by atoms with E-state index >= 15 is 0 Å². The molecule has 2 rings (SSSR count). The number of nitrogens with zero attached hydrogens (tertiary/aromatic N) is 4. The van der Waals surface area contributed by atoms with Crippen LogP contribution in [0.15, 0.2) is 30.9 Å². The lowest BCUT2D eigenvalue weighted by Gasteiger charge is -2.19. The van der Waals surface area contributed by atoms with Crippen molar-refractivity contribution in [2.75, 3.05) is 11.9 Å². The second-order valence-corrected chi connectivity index (χ2v) is 4.02. The SMILES string of the molecule is CCc1ncnc(N(C)Cc2ccncc2)c1F. The molecule has 0 N–H and O–H groups in total. The van der Waals surface area contributed by atoms with Gasteiger partial charge in [-0.3, -0.25) is 4.98 Å². The van der Waals surface area contributed by atoms with Gasteiger partial charge in [0.25, 0.3) is 0 Å². The Morgan fingerprint density at radius 2 is 1.94 bits per heavy atom. The van der Waals surface area contributed by atoms with E-state index in [2.05, 4.69) is 15.0 Å². The Bertz CT molecular complexity index is 516. The van der Waals surface area contributed by atoms with Crippen LogP contribution in [0.4, 0.5) is 10.2 Å². The summed E-state index contributed by atoms with van der Waals surface area (Å²) in [6, 6.07) is 3.80. The lowest BCUT2D eigenvalue weighted by molar-refractivity contribution is 0.588. The third-order valence-electron chi connectivity index (χ3n) is 2.71. The predicted octanol–water partition coefficient (Wildman–Crippen LogP) is 2.21. The molecule has 0 saturated carbocycles. The van der Waals surface area contributed by atoms with Crippen LogP contribution in [0, 0.1) is 5.82 Å². The molecule has 94 valence electrons. The molecule has 2 aromatic heterocycles. The summed E-state index contributed by atoms with van der Waals surface area (Å²) in [5, 5.41) is 0. The molecule has 18 heavy (non-hydrogen) atoms. The van der Waals surface area contributed by atoms with E-state index in [1.165, 1.54) is 6.33 Å². The number of pyridine rings is 1. The van der Waals surface area contributed by atoms with Crippen LogP contribution >= 0.6 is 0 Å². The minimum absolute atomic E-state index is 0.332. The van der Waals surface area contributed by atoms with Gasteiger partial charge < -0.3 is 4.90 Å². The summed E-state index contributed by atoms with van der Waals surface area (Å²) in [5.41, 5.74) is 1.50. The standard InChI is InChI=1S/C13H15FN4/c1-3-11-12(14)13(17-9-16-11)18(2)8-10-4-6-15-7-5-10/h4-7,9H,3,8H2,1-2H3. The zero-order chi connectivity index (χ0) is 13.0. The molecule has 0 saturated heterocycles. The van der Waals surface area contributed by atoms with Crippen molar-refractivity contribution in [1.29, 1.82) is 0 Å². The number of anilines is 1. The van der Waals surface area contributed by atoms with Gasteiger partial charge in [-0.2, -0.15) is 0 Å². The van der Waals surface area contributed by atoms with Crippen molar-refractivity contribution in [2.45, 2.75) is 19.9 Å². The highest BCUT2D eigenvalue weighted by atomic mass is 19.1. The molecule has 0 bridgehead atoms. The van der Waals surface area contributed by atoms with Crippen molar-refractivity contribution in [3.05, 3.63) is 47.9 Å². The Labute approximate surface area is 106 Å². The molecule has 0 atom stereocenters. The second kappa shape index (κ2) is 5.53. The highest BCUT2D eigenvalue weighted by Crippen LogP contribution is 2.18. The molecule has 0 aliphatic heterocycles. The Morgan fingerprint density at radius 3 is 2.61 bits per heavy atom. The van der Waals surface area contributed by atoms with Gasteiger partial charge in [0.1, 0.15) is 6.33 Å². The molecule has 4 nitrogen and oxygen atoms in total. The summed E-state index contributed by atoms with van der Waals surface area (Å²) < 4.78 is 14.0. The zero-order valence-corrected chi connectivity index (χ0v) is 10.5. The molecule has 2 heterocycles. The first-order chi connectivity index (χ1) is 8.72. The summed E-state index contributed by atoms with van der Waals surface area (Å²) in [4.78, 5) is 13.7. The molecule has 2 aromatic rings. The highest BCUT2D eigenvalue weighted by molar-refractivity contribution is 5.40. The van der Waals surface area contributed by atoms with E-state index in [0.29, 0.717) is 24.5 Å². The average molecular weight is 246 g/mol. The van der Waals surface area contributed by atoms with Crippen LogP contribution in [-0.4, -0.2) is 22.0 Å². The fourth-order valence-electron chi connectivity index (χ4n) is 1.75. The van der Waals surface area contributed by atoms with Crippen molar-refractivity contribution >= 4 is 5.82 Å². The van der Waals surface area contributed by atoms with E-state index in [1.54, 1.807) is 17.3 Å². The monoisotopic (exact) mass is 246 g/mol. The molecule has 5 heteroatoms. The van der Waals surface area contributed by atoms with Gasteiger partial charge in [0.15, 0.2) is 11.6 Å². The molecule has 0 radical (unpaired) electrons. The van der Waals surface area contributed by atoms with Crippen LogP contribution in [0.1, 0.15) is 18.2 Å². The lowest BCUT2D eigenvalue weighted by Crippen LogP contribution is -2.20. The number of rotatable bonds is 4. The first-order valence-corrected chi connectivity index (χ1v) is 5.81. The minimum Gasteiger partial charge on any atom is -0.353 e. The third-order valence-corrected chi connectivity index (χ3v) is 2.71. The van der Waals surface area contributed by atoms with Gasteiger partial charge in [0.2, 0.25) is 0 Å². The molecule has 0 aliphatic carbocycles. The van der Waals surface area contributed by atoms with Gasteiger partial charge in [0.05, 0.1) is 5.69 Å². The molecule has 0 amide bonds. The molecule has 0 aliphatic rings. The third kappa shape index (κ3) is 2.61. The molecule has 0 unspecified atom stereocenters. The normalized spacial score (nSPS) is 10.4. The molecule has 0 aromatic carbocycles. The van der Waals surface area contributed by atoms with E-state index in [9.17, 15) is 4.39 Å². The number of hydrogen-bond donors (Lipinski definition) is 0. The number of aryl methyl sites for hydroxylation is 1. The van der Waals surface area contributed by atoms with E-state index in [4.69, 9.17) is 0 Å². The number of aromatic nitrogens is 3. The van der Waals surface area contributed by atoms with E-state index < -0.39 is 0 Å². The van der Waals surface area contributed by atoms with Crippen LogP contribution < -0.4 is 4.90 Å². The lowest BCUT2D eigenvalue weighted by atomic mass is 10.2. The Balaban J connectivity index is 2.21. The maximum absolute atomic E-state index is 14.0. The minimum atomic E-state index is -0.337. The summed E-state index contributed by atoms with van der Waals surface area (Å²) in [6.07, 6.45) is 5.40. The Morgan fingerprint density at radius 1 is 1.22 bits per heavy atom. The van der Waals surface area contributed by atoms with Crippen LogP contribution in [0.2, 0.25) is 0 Å². The molecule has 0 spiro atoms. The van der Waals surface area contributed by atoms with Crippen LogP contribution in [0.25, 0.3) is 0 Å². The number of halogens is 1. The zero-order valence-electron chi connectivity index (χ0n) is 10.5. The maximum Gasteiger partial charge on any atom is 0.187 e. The Hall–Kier alpha value is -2.04. The fraction of sp³-hybridized carbons (Fsp3) is 0.308.